The first-order valence-corrected chi connectivity index (χ1v) is 11.2. The van der Waals surface area contributed by atoms with E-state index in [4.69, 9.17) is 26.8 Å². The van der Waals surface area contributed by atoms with E-state index in [1.54, 1.807) is 20.3 Å². The van der Waals surface area contributed by atoms with Crippen LogP contribution in [-0.4, -0.2) is 44.7 Å². The fourth-order valence-electron chi connectivity index (χ4n) is 4.71. The van der Waals surface area contributed by atoms with Crippen LogP contribution in [0.5, 0.6) is 11.5 Å². The molecule has 2 aliphatic rings. The highest BCUT2D eigenvalue weighted by Gasteiger charge is 2.35. The predicted octanol–water partition coefficient (Wildman–Crippen LogP) is 4.12. The van der Waals surface area contributed by atoms with Crippen molar-refractivity contribution in [1.82, 2.24) is 10.2 Å². The Morgan fingerprint density at radius 3 is 2.39 bits per heavy atom. The number of anilines is 1. The number of amides is 1. The van der Waals surface area contributed by atoms with E-state index in [9.17, 15) is 4.79 Å². The molecular weight excluding hydrogens is 414 g/mol. The summed E-state index contributed by atoms with van der Waals surface area (Å²) in [5.74, 6) is 1.06. The average Bonchev–Trinajstić information content (AvgIpc) is 2.79. The summed E-state index contributed by atoms with van der Waals surface area (Å²) in [6, 6.07) is 9.09. The number of likely N-dealkylation sites (tertiary alicyclic amines) is 1. The van der Waals surface area contributed by atoms with E-state index in [0.29, 0.717) is 22.2 Å². The summed E-state index contributed by atoms with van der Waals surface area (Å²) in [5.41, 5.74) is 9.41. The number of nitrogens with two attached hydrogens (primary N) is 1. The van der Waals surface area contributed by atoms with Crippen molar-refractivity contribution in [2.45, 2.75) is 37.6 Å². The molecule has 1 saturated heterocycles. The first-order valence-electron chi connectivity index (χ1n) is 10.8. The van der Waals surface area contributed by atoms with Gasteiger partial charge < -0.3 is 25.4 Å². The summed E-state index contributed by atoms with van der Waals surface area (Å²) in [5, 5.41) is 3.71. The van der Waals surface area contributed by atoms with Gasteiger partial charge in [-0.2, -0.15) is 0 Å². The molecule has 2 aliphatic heterocycles. The Hall–Kier alpha value is -2.44. The number of methoxy groups -OCH3 is 2. The third-order valence-corrected chi connectivity index (χ3v) is 6.76. The monoisotopic (exact) mass is 443 g/mol. The summed E-state index contributed by atoms with van der Waals surface area (Å²) < 4.78 is 11.1. The van der Waals surface area contributed by atoms with Crippen molar-refractivity contribution in [3.8, 4) is 11.5 Å². The fourth-order valence-corrected chi connectivity index (χ4v) is 4.83. The van der Waals surface area contributed by atoms with Crippen LogP contribution in [-0.2, 0) is 4.79 Å². The minimum atomic E-state index is -0.326. The minimum absolute atomic E-state index is 0.0234. The number of fused-ring (bicyclic) bond motifs is 1. The van der Waals surface area contributed by atoms with Crippen LogP contribution in [0, 0.1) is 0 Å². The van der Waals surface area contributed by atoms with Crippen LogP contribution >= 0.6 is 11.6 Å². The van der Waals surface area contributed by atoms with Gasteiger partial charge in [-0.1, -0.05) is 24.1 Å². The molecule has 0 bridgehead atoms. The first-order chi connectivity index (χ1) is 15.0. The molecule has 2 aromatic rings. The lowest BCUT2D eigenvalue weighted by Gasteiger charge is -2.35. The number of hydrogen-bond acceptors (Lipinski definition) is 5. The largest absolute Gasteiger partial charge is 0.493 e. The highest BCUT2D eigenvalue weighted by molar-refractivity contribution is 6.33. The second-order valence-corrected chi connectivity index (χ2v) is 8.71. The zero-order chi connectivity index (χ0) is 22.0. The second-order valence-electron chi connectivity index (χ2n) is 8.30. The molecule has 0 radical (unpaired) electrons. The van der Waals surface area contributed by atoms with Crippen LogP contribution in [0.3, 0.4) is 0 Å². The zero-order valence-corrected chi connectivity index (χ0v) is 18.9. The Bertz CT molecular complexity index is 959. The van der Waals surface area contributed by atoms with E-state index in [1.807, 2.05) is 24.3 Å². The number of hydrogen-bond donors (Lipinski definition) is 2. The molecular formula is C24H30ClN3O3. The van der Waals surface area contributed by atoms with Gasteiger partial charge in [0.15, 0.2) is 11.5 Å². The van der Waals surface area contributed by atoms with Crippen molar-refractivity contribution in [2.75, 3.05) is 39.6 Å². The topological polar surface area (TPSA) is 76.8 Å². The molecule has 1 amide bonds. The number of halogens is 1. The molecule has 2 aromatic carbocycles. The van der Waals surface area contributed by atoms with Gasteiger partial charge >= 0.3 is 0 Å². The SMILES string of the molecule is COc1cc2c(cc1OC)C(c1ccc(Cl)c(N)c1)NC(=O)C2CCN1CCCCC1. The predicted molar refractivity (Wildman–Crippen MR) is 123 cm³/mol. The average molecular weight is 444 g/mol. The number of nitrogens with one attached hydrogen (secondary N) is 1. The van der Waals surface area contributed by atoms with Gasteiger partial charge in [-0.15, -0.1) is 0 Å². The molecule has 6 nitrogen and oxygen atoms in total. The molecule has 0 spiro atoms. The minimum Gasteiger partial charge on any atom is -0.493 e. The number of carbonyl (C=O) groups is 1. The van der Waals surface area contributed by atoms with Crippen LogP contribution in [0.15, 0.2) is 30.3 Å². The molecule has 2 unspecified atom stereocenters. The summed E-state index contributed by atoms with van der Waals surface area (Å²) in [7, 11) is 3.24. The van der Waals surface area contributed by atoms with Crippen LogP contribution in [0.4, 0.5) is 5.69 Å². The highest BCUT2D eigenvalue weighted by Crippen LogP contribution is 2.43. The Kier molecular flexibility index (Phi) is 6.58. The number of piperidine rings is 1. The summed E-state index contributed by atoms with van der Waals surface area (Å²) in [6.45, 7) is 3.13. The van der Waals surface area contributed by atoms with Gasteiger partial charge in [0.25, 0.3) is 0 Å². The van der Waals surface area contributed by atoms with Crippen molar-refractivity contribution in [1.29, 1.82) is 0 Å². The maximum Gasteiger partial charge on any atom is 0.228 e. The molecule has 31 heavy (non-hydrogen) atoms. The van der Waals surface area contributed by atoms with E-state index in [0.717, 1.165) is 42.7 Å². The van der Waals surface area contributed by atoms with Crippen LogP contribution < -0.4 is 20.5 Å². The lowest BCUT2D eigenvalue weighted by molar-refractivity contribution is -0.124. The number of nitrogens with zero attached hydrogens (tertiary/aromatic N) is 1. The van der Waals surface area contributed by atoms with Crippen LogP contribution in [0.1, 0.15) is 54.3 Å². The van der Waals surface area contributed by atoms with Crippen molar-refractivity contribution in [2.24, 2.45) is 0 Å². The molecule has 166 valence electrons. The second kappa shape index (κ2) is 9.37. The third kappa shape index (κ3) is 4.46. The Morgan fingerprint density at radius 1 is 1.06 bits per heavy atom. The van der Waals surface area contributed by atoms with E-state index in [-0.39, 0.29) is 17.9 Å². The van der Waals surface area contributed by atoms with Crippen molar-refractivity contribution >= 4 is 23.2 Å². The molecule has 2 heterocycles. The van der Waals surface area contributed by atoms with Gasteiger partial charge in [0.1, 0.15) is 0 Å². The number of carbonyl (C=O) groups excluding carboxylic acids is 1. The zero-order valence-electron chi connectivity index (χ0n) is 18.1. The first kappa shape index (κ1) is 21.8. The normalized spacial score (nSPS) is 21.3. The lowest BCUT2D eigenvalue weighted by atomic mass is 9.81. The van der Waals surface area contributed by atoms with Crippen LogP contribution in [0.25, 0.3) is 0 Å². The van der Waals surface area contributed by atoms with Crippen molar-refractivity contribution in [3.63, 3.8) is 0 Å². The van der Waals surface area contributed by atoms with Gasteiger partial charge in [0, 0.05) is 0 Å². The van der Waals surface area contributed by atoms with Gasteiger partial charge in [-0.25, -0.2) is 0 Å². The van der Waals surface area contributed by atoms with E-state index in [2.05, 4.69) is 10.2 Å². The maximum absolute atomic E-state index is 13.3. The number of nitrogen functional groups attached to an aromatic ring is 1. The standard InChI is InChI=1S/C24H30ClN3O3/c1-30-21-13-17-16(8-11-28-9-4-3-5-10-28)24(29)27-23(18(17)14-22(21)31-2)15-6-7-19(25)20(26)12-15/h6-7,12-14,16,23H,3-5,8-11,26H2,1-2H3,(H,27,29). The summed E-state index contributed by atoms with van der Waals surface area (Å²) >= 11 is 6.12. The Balaban J connectivity index is 1.72. The van der Waals surface area contributed by atoms with E-state index < -0.39 is 0 Å². The summed E-state index contributed by atoms with van der Waals surface area (Å²) in [4.78, 5) is 15.7. The fraction of sp³-hybridized carbons (Fsp3) is 0.458. The number of rotatable bonds is 6. The number of ether oxygens (including phenoxy) is 2. The lowest BCUT2D eigenvalue weighted by Crippen LogP contribution is -2.41. The molecule has 0 saturated carbocycles. The van der Waals surface area contributed by atoms with E-state index in [1.165, 1.54) is 19.3 Å². The van der Waals surface area contributed by atoms with Gasteiger partial charge in [0.2, 0.25) is 5.91 Å². The molecule has 0 aromatic heterocycles. The van der Waals surface area contributed by atoms with Crippen LogP contribution in [0.2, 0.25) is 5.02 Å². The van der Waals surface area contributed by atoms with Gasteiger partial charge in [0.05, 0.1) is 36.9 Å². The molecule has 2 atom stereocenters. The molecule has 1 fully saturated rings. The van der Waals surface area contributed by atoms with Crippen molar-refractivity contribution in [3.05, 3.63) is 52.0 Å². The van der Waals surface area contributed by atoms with E-state index >= 15 is 0 Å². The van der Waals surface area contributed by atoms with Gasteiger partial charge in [-0.05, 0) is 79.9 Å². The molecule has 4 rings (SSSR count). The molecule has 7 heteroatoms. The third-order valence-electron chi connectivity index (χ3n) is 6.41. The Labute approximate surface area is 188 Å². The Morgan fingerprint density at radius 2 is 1.74 bits per heavy atom. The highest BCUT2D eigenvalue weighted by atomic mass is 35.5. The quantitative estimate of drug-likeness (QED) is 0.657. The molecule has 0 aliphatic carbocycles. The molecule has 3 N–H and O–H groups in total. The smallest absolute Gasteiger partial charge is 0.228 e. The summed E-state index contributed by atoms with van der Waals surface area (Å²) in [6.07, 6.45) is 4.53. The van der Waals surface area contributed by atoms with Gasteiger partial charge in [-0.3, -0.25) is 4.79 Å². The number of benzene rings is 2. The van der Waals surface area contributed by atoms with Crippen molar-refractivity contribution < 1.29 is 14.3 Å². The maximum atomic E-state index is 13.3.